The lowest BCUT2D eigenvalue weighted by molar-refractivity contribution is 0.621. The quantitative estimate of drug-likeness (QED) is 0.600. The van der Waals surface area contributed by atoms with Crippen molar-refractivity contribution in [2.24, 2.45) is 5.73 Å². The van der Waals surface area contributed by atoms with Crippen LogP contribution >= 0.6 is 0 Å². The van der Waals surface area contributed by atoms with E-state index in [4.69, 9.17) is 5.73 Å². The van der Waals surface area contributed by atoms with E-state index in [0.717, 1.165) is 11.1 Å². The highest BCUT2D eigenvalue weighted by Crippen LogP contribution is 2.13. The van der Waals surface area contributed by atoms with Crippen LogP contribution in [0.5, 0.6) is 0 Å². The van der Waals surface area contributed by atoms with Crippen LogP contribution in [-0.2, 0) is 0 Å². The summed E-state index contributed by atoms with van der Waals surface area (Å²) in [6.45, 7) is 3.96. The van der Waals surface area contributed by atoms with Crippen molar-refractivity contribution in [3.8, 4) is 11.8 Å². The van der Waals surface area contributed by atoms with Gasteiger partial charge in [0.05, 0.1) is 12.1 Å². The lowest BCUT2D eigenvalue weighted by atomic mass is 10.1. The van der Waals surface area contributed by atoms with Crippen molar-refractivity contribution in [3.63, 3.8) is 0 Å². The number of hydrogen-bond donors (Lipinski definition) is 1. The van der Waals surface area contributed by atoms with Crippen molar-refractivity contribution >= 4 is 0 Å². The number of aryl methyl sites for hydroxylation is 2. The first-order chi connectivity index (χ1) is 6.15. The average molecular weight is 177 g/mol. The molecule has 0 bridgehead atoms. The molecule has 2 N–H and O–H groups in total. The van der Waals surface area contributed by atoms with Gasteiger partial charge in [0.15, 0.2) is 0 Å². The zero-order valence-electron chi connectivity index (χ0n) is 7.82. The fourth-order valence-electron chi connectivity index (χ4n) is 1.21. The van der Waals surface area contributed by atoms with E-state index in [1.807, 2.05) is 19.9 Å². The van der Waals surface area contributed by atoms with Crippen LogP contribution in [0.2, 0.25) is 0 Å². The molecule has 0 aliphatic carbocycles. The van der Waals surface area contributed by atoms with Crippen LogP contribution in [0.15, 0.2) is 12.1 Å². The predicted molar refractivity (Wildman–Crippen MR) is 51.8 cm³/mol. The Morgan fingerprint density at radius 2 is 2.08 bits per heavy atom. The predicted octanol–water partition coefficient (Wildman–Crippen LogP) is 1.75. The molecule has 0 atom stereocenters. The second-order valence-electron chi connectivity index (χ2n) is 2.94. The molecule has 1 aromatic carbocycles. The molecule has 2 heteroatoms. The smallest absolute Gasteiger partial charge is 0.139 e. The highest BCUT2D eigenvalue weighted by molar-refractivity contribution is 5.43. The third kappa shape index (κ3) is 2.30. The fraction of sp³-hybridized carbons (Fsp3) is 0.273. The number of hydrogen-bond acceptors (Lipinski definition) is 1. The van der Waals surface area contributed by atoms with Crippen LogP contribution in [0.1, 0.15) is 16.7 Å². The Labute approximate surface area is 77.8 Å². The Morgan fingerprint density at radius 1 is 1.38 bits per heavy atom. The maximum Gasteiger partial charge on any atom is 0.139 e. The molecule has 0 heterocycles. The van der Waals surface area contributed by atoms with E-state index < -0.39 is 0 Å². The standard InChI is InChI=1S/C11H12FN/c1-8-6-9(2)10(4-3-5-13)11(12)7-8/h6-7H,5,13H2,1-2H3. The van der Waals surface area contributed by atoms with Crippen LogP contribution in [0.4, 0.5) is 4.39 Å². The van der Waals surface area contributed by atoms with Crippen molar-refractivity contribution in [2.45, 2.75) is 13.8 Å². The minimum atomic E-state index is -0.265. The Hall–Kier alpha value is -1.33. The first kappa shape index (κ1) is 9.76. The van der Waals surface area contributed by atoms with Gasteiger partial charge in [0.25, 0.3) is 0 Å². The summed E-state index contributed by atoms with van der Waals surface area (Å²) in [5.41, 5.74) is 7.44. The van der Waals surface area contributed by atoms with Gasteiger partial charge >= 0.3 is 0 Å². The van der Waals surface area contributed by atoms with Crippen molar-refractivity contribution in [3.05, 3.63) is 34.6 Å². The summed E-state index contributed by atoms with van der Waals surface area (Å²) in [5, 5.41) is 0. The number of benzene rings is 1. The molecule has 0 unspecified atom stereocenters. The van der Waals surface area contributed by atoms with Gasteiger partial charge in [0.1, 0.15) is 5.82 Å². The highest BCUT2D eigenvalue weighted by atomic mass is 19.1. The first-order valence-corrected chi connectivity index (χ1v) is 4.11. The first-order valence-electron chi connectivity index (χ1n) is 4.11. The van der Waals surface area contributed by atoms with E-state index in [1.54, 1.807) is 0 Å². The summed E-state index contributed by atoms with van der Waals surface area (Å²) in [7, 11) is 0. The molecule has 0 radical (unpaired) electrons. The molecular weight excluding hydrogens is 165 g/mol. The fourth-order valence-corrected chi connectivity index (χ4v) is 1.21. The monoisotopic (exact) mass is 177 g/mol. The minimum absolute atomic E-state index is 0.257. The molecule has 0 aliphatic heterocycles. The Morgan fingerprint density at radius 3 is 2.62 bits per heavy atom. The van der Waals surface area contributed by atoms with Gasteiger partial charge in [-0.1, -0.05) is 17.9 Å². The van der Waals surface area contributed by atoms with Crippen molar-refractivity contribution in [1.82, 2.24) is 0 Å². The molecule has 0 spiro atoms. The van der Waals surface area contributed by atoms with Crippen LogP contribution in [0.25, 0.3) is 0 Å². The van der Waals surface area contributed by atoms with E-state index in [0.29, 0.717) is 5.56 Å². The summed E-state index contributed by atoms with van der Waals surface area (Å²) >= 11 is 0. The maximum absolute atomic E-state index is 13.3. The zero-order chi connectivity index (χ0) is 9.84. The number of nitrogens with two attached hydrogens (primary N) is 1. The van der Waals surface area contributed by atoms with E-state index in [2.05, 4.69) is 11.8 Å². The van der Waals surface area contributed by atoms with Crippen molar-refractivity contribution in [1.29, 1.82) is 0 Å². The summed E-state index contributed by atoms with van der Waals surface area (Å²) in [6.07, 6.45) is 0. The maximum atomic E-state index is 13.3. The molecule has 13 heavy (non-hydrogen) atoms. The molecule has 0 fully saturated rings. The lowest BCUT2D eigenvalue weighted by Crippen LogP contribution is -1.95. The summed E-state index contributed by atoms with van der Waals surface area (Å²) in [5.74, 6) is 5.10. The molecule has 0 saturated heterocycles. The van der Waals surface area contributed by atoms with Gasteiger partial charge in [-0.15, -0.1) is 0 Å². The molecule has 0 saturated carbocycles. The van der Waals surface area contributed by atoms with Gasteiger partial charge in [-0.3, -0.25) is 0 Å². The Kier molecular flexibility index (Phi) is 3.05. The van der Waals surface area contributed by atoms with Crippen LogP contribution in [0, 0.1) is 31.5 Å². The van der Waals surface area contributed by atoms with Gasteiger partial charge in [-0.2, -0.15) is 0 Å². The Bertz CT molecular complexity index is 348. The largest absolute Gasteiger partial charge is 0.320 e. The van der Waals surface area contributed by atoms with Gasteiger partial charge in [-0.05, 0) is 31.0 Å². The zero-order valence-corrected chi connectivity index (χ0v) is 7.82. The normalized spacial score (nSPS) is 9.23. The molecule has 1 rings (SSSR count). The van der Waals surface area contributed by atoms with E-state index >= 15 is 0 Å². The van der Waals surface area contributed by atoms with Crippen LogP contribution in [-0.4, -0.2) is 6.54 Å². The summed E-state index contributed by atoms with van der Waals surface area (Å²) < 4.78 is 13.3. The lowest BCUT2D eigenvalue weighted by Gasteiger charge is -2.01. The van der Waals surface area contributed by atoms with E-state index in [1.165, 1.54) is 6.07 Å². The van der Waals surface area contributed by atoms with Gasteiger partial charge in [0, 0.05) is 0 Å². The van der Waals surface area contributed by atoms with Gasteiger partial charge < -0.3 is 5.73 Å². The SMILES string of the molecule is Cc1cc(C)c(C#CCN)c(F)c1. The highest BCUT2D eigenvalue weighted by Gasteiger charge is 2.02. The molecule has 68 valence electrons. The molecule has 1 nitrogen and oxygen atoms in total. The average Bonchev–Trinajstić information content (AvgIpc) is 2.02. The third-order valence-electron chi connectivity index (χ3n) is 1.75. The van der Waals surface area contributed by atoms with Gasteiger partial charge in [0.2, 0.25) is 0 Å². The molecular formula is C11H12FN. The van der Waals surface area contributed by atoms with E-state index in [-0.39, 0.29) is 12.4 Å². The van der Waals surface area contributed by atoms with Crippen molar-refractivity contribution < 1.29 is 4.39 Å². The van der Waals surface area contributed by atoms with Crippen LogP contribution < -0.4 is 5.73 Å². The second kappa shape index (κ2) is 4.06. The minimum Gasteiger partial charge on any atom is -0.320 e. The third-order valence-corrected chi connectivity index (χ3v) is 1.75. The van der Waals surface area contributed by atoms with E-state index in [9.17, 15) is 4.39 Å². The molecule has 0 amide bonds. The Balaban J connectivity index is 3.21. The summed E-state index contributed by atoms with van der Waals surface area (Å²) in [6, 6.07) is 3.39. The molecule has 0 aromatic heterocycles. The number of halogens is 1. The topological polar surface area (TPSA) is 26.0 Å². The second-order valence-corrected chi connectivity index (χ2v) is 2.94. The molecule has 0 aliphatic rings. The molecule has 1 aromatic rings. The van der Waals surface area contributed by atoms with Crippen molar-refractivity contribution in [2.75, 3.05) is 6.54 Å². The number of rotatable bonds is 0. The van der Waals surface area contributed by atoms with Crippen LogP contribution in [0.3, 0.4) is 0 Å². The van der Waals surface area contributed by atoms with Gasteiger partial charge in [-0.25, -0.2) is 4.39 Å². The summed E-state index contributed by atoms with van der Waals surface area (Å²) in [4.78, 5) is 0.